The summed E-state index contributed by atoms with van der Waals surface area (Å²) in [5.41, 5.74) is 1.97. The summed E-state index contributed by atoms with van der Waals surface area (Å²) in [7, 11) is 3.33. The van der Waals surface area contributed by atoms with E-state index in [-0.39, 0.29) is 0 Å². The van der Waals surface area contributed by atoms with E-state index in [1.807, 2.05) is 82.4 Å². The maximum Gasteiger partial charge on any atom is 0.197 e. The molecule has 1 aromatic heterocycles. The fourth-order valence-corrected chi connectivity index (χ4v) is 3.83. The highest BCUT2D eigenvalue weighted by atomic mass is 32.1. The van der Waals surface area contributed by atoms with Gasteiger partial charge in [-0.3, -0.25) is 4.90 Å². The fraction of sp³-hybridized carbons (Fsp3) is 0.250. The molecule has 0 saturated heterocycles. The minimum atomic E-state index is 0.711. The Hall–Kier alpha value is -2.72. The monoisotopic (exact) mass is 397 g/mol. The standard InChI is InChI=1S/C22H25NO2S.C2H6/c1-6-9-14-17(8-3)23(18-15-11-10-12-16-18)22-21(25-5)20(24-4)19(26-22)13-7-2;1-2/h6-16H,3H2,1-2,4-5H3;1-2H3/b9-6-,13-7+,17-14+;. The summed E-state index contributed by atoms with van der Waals surface area (Å²) in [6.07, 6.45) is 11.9. The molecule has 0 atom stereocenters. The van der Waals surface area contributed by atoms with Crippen molar-refractivity contribution in [2.45, 2.75) is 27.7 Å². The van der Waals surface area contributed by atoms with Crippen LogP contribution in [0, 0.1) is 0 Å². The molecule has 0 radical (unpaired) electrons. The van der Waals surface area contributed by atoms with Crippen molar-refractivity contribution >= 4 is 28.1 Å². The number of hydrogen-bond acceptors (Lipinski definition) is 4. The highest BCUT2D eigenvalue weighted by Crippen LogP contribution is 2.51. The molecular weight excluding hydrogens is 366 g/mol. The van der Waals surface area contributed by atoms with E-state index in [1.165, 1.54) is 0 Å². The van der Waals surface area contributed by atoms with E-state index < -0.39 is 0 Å². The largest absolute Gasteiger partial charge is 0.491 e. The van der Waals surface area contributed by atoms with Crippen LogP contribution in [0.25, 0.3) is 6.08 Å². The summed E-state index contributed by atoms with van der Waals surface area (Å²) < 4.78 is 11.4. The number of ether oxygens (including phenoxy) is 2. The molecular formula is C24H31NO2S. The predicted octanol–water partition coefficient (Wildman–Crippen LogP) is 7.61. The van der Waals surface area contributed by atoms with Gasteiger partial charge in [-0.25, -0.2) is 0 Å². The quantitative estimate of drug-likeness (QED) is 0.428. The Balaban J connectivity index is 0.00000190. The van der Waals surface area contributed by atoms with E-state index in [0.717, 1.165) is 27.0 Å². The lowest BCUT2D eigenvalue weighted by Crippen LogP contribution is -2.14. The van der Waals surface area contributed by atoms with Crippen LogP contribution >= 0.6 is 11.3 Å². The number of methoxy groups -OCH3 is 2. The molecule has 0 saturated carbocycles. The number of benzene rings is 1. The van der Waals surface area contributed by atoms with Crippen molar-refractivity contribution in [3.63, 3.8) is 0 Å². The van der Waals surface area contributed by atoms with Crippen molar-refractivity contribution in [3.8, 4) is 11.5 Å². The Morgan fingerprint density at radius 3 is 2.14 bits per heavy atom. The average molecular weight is 398 g/mol. The van der Waals surface area contributed by atoms with Crippen molar-refractivity contribution in [1.29, 1.82) is 0 Å². The Kier molecular flexibility index (Phi) is 10.5. The number of rotatable bonds is 8. The van der Waals surface area contributed by atoms with Gasteiger partial charge in [0.15, 0.2) is 11.5 Å². The summed E-state index contributed by atoms with van der Waals surface area (Å²) in [6.45, 7) is 12.0. The SMILES string of the molecule is C=C/C(=C\C=C/C)N(c1ccccc1)c1sc(/C=C/C)c(OC)c1OC.CC. The molecule has 150 valence electrons. The molecule has 1 heterocycles. The summed E-state index contributed by atoms with van der Waals surface area (Å²) in [4.78, 5) is 3.14. The molecule has 0 fully saturated rings. The van der Waals surface area contributed by atoms with Gasteiger partial charge in [0.2, 0.25) is 0 Å². The molecule has 0 aliphatic carbocycles. The zero-order valence-corrected chi connectivity index (χ0v) is 18.5. The normalized spacial score (nSPS) is 11.3. The van der Waals surface area contributed by atoms with Gasteiger partial charge in [0.05, 0.1) is 19.1 Å². The molecule has 28 heavy (non-hydrogen) atoms. The molecule has 0 amide bonds. The summed E-state index contributed by atoms with van der Waals surface area (Å²) >= 11 is 1.62. The lowest BCUT2D eigenvalue weighted by molar-refractivity contribution is 0.358. The molecule has 2 aromatic rings. The first-order valence-corrected chi connectivity index (χ1v) is 10.2. The van der Waals surface area contributed by atoms with Gasteiger partial charge in [-0.1, -0.05) is 56.9 Å². The summed E-state index contributed by atoms with van der Waals surface area (Å²) in [5, 5.41) is 0.944. The second kappa shape index (κ2) is 12.6. The third-order valence-corrected chi connectivity index (χ3v) is 4.80. The van der Waals surface area contributed by atoms with Crippen molar-refractivity contribution in [1.82, 2.24) is 0 Å². The first-order valence-electron chi connectivity index (χ1n) is 9.39. The van der Waals surface area contributed by atoms with Gasteiger partial charge in [0, 0.05) is 11.4 Å². The van der Waals surface area contributed by atoms with Gasteiger partial charge >= 0.3 is 0 Å². The molecule has 4 heteroatoms. The van der Waals surface area contributed by atoms with Crippen molar-refractivity contribution in [2.24, 2.45) is 0 Å². The number of nitrogens with zero attached hydrogens (tertiary/aromatic N) is 1. The predicted molar refractivity (Wildman–Crippen MR) is 125 cm³/mol. The molecule has 2 rings (SSSR count). The van der Waals surface area contributed by atoms with Crippen molar-refractivity contribution in [3.05, 3.63) is 77.9 Å². The van der Waals surface area contributed by atoms with E-state index in [9.17, 15) is 0 Å². The molecule has 0 spiro atoms. The van der Waals surface area contributed by atoms with E-state index in [2.05, 4.69) is 23.6 Å². The fourth-order valence-electron chi connectivity index (χ4n) is 2.58. The second-order valence-corrected chi connectivity index (χ2v) is 6.36. The second-order valence-electron chi connectivity index (χ2n) is 5.33. The van der Waals surface area contributed by atoms with Gasteiger partial charge in [-0.15, -0.1) is 11.3 Å². The van der Waals surface area contributed by atoms with Crippen molar-refractivity contribution in [2.75, 3.05) is 19.1 Å². The molecule has 1 aromatic carbocycles. The van der Waals surface area contributed by atoms with E-state index >= 15 is 0 Å². The third kappa shape index (κ3) is 5.40. The van der Waals surface area contributed by atoms with Crippen molar-refractivity contribution < 1.29 is 9.47 Å². The maximum absolute atomic E-state index is 5.73. The van der Waals surface area contributed by atoms with Crippen LogP contribution in [0.1, 0.15) is 32.6 Å². The molecule has 0 bridgehead atoms. The number of para-hydroxylation sites is 1. The summed E-state index contributed by atoms with van der Waals surface area (Å²) in [6, 6.07) is 10.2. The van der Waals surface area contributed by atoms with E-state index in [0.29, 0.717) is 5.75 Å². The Labute approximate surface area is 173 Å². The zero-order valence-electron chi connectivity index (χ0n) is 17.7. The van der Waals surface area contributed by atoms with Crippen LogP contribution in [0.5, 0.6) is 11.5 Å². The van der Waals surface area contributed by atoms with Gasteiger partial charge < -0.3 is 9.47 Å². The molecule has 0 aliphatic rings. The molecule has 0 unspecified atom stereocenters. The van der Waals surface area contributed by atoms with Crippen LogP contribution in [-0.2, 0) is 0 Å². The molecule has 3 nitrogen and oxygen atoms in total. The Bertz CT molecular complexity index is 817. The van der Waals surface area contributed by atoms with Crippen LogP contribution in [0.3, 0.4) is 0 Å². The lowest BCUT2D eigenvalue weighted by atomic mass is 10.2. The average Bonchev–Trinajstić information content (AvgIpc) is 3.10. The van der Waals surface area contributed by atoms with Crippen LogP contribution in [0.2, 0.25) is 0 Å². The van der Waals surface area contributed by atoms with Gasteiger partial charge in [-0.2, -0.15) is 0 Å². The minimum Gasteiger partial charge on any atom is -0.491 e. The van der Waals surface area contributed by atoms with Crippen LogP contribution < -0.4 is 14.4 Å². The Morgan fingerprint density at radius 1 is 1.00 bits per heavy atom. The van der Waals surface area contributed by atoms with Crippen LogP contribution in [-0.4, -0.2) is 14.2 Å². The number of hydrogen-bond donors (Lipinski definition) is 0. The molecule has 0 N–H and O–H groups in total. The third-order valence-electron chi connectivity index (χ3n) is 3.70. The lowest BCUT2D eigenvalue weighted by Gasteiger charge is -2.25. The van der Waals surface area contributed by atoms with E-state index in [1.54, 1.807) is 25.6 Å². The first kappa shape index (κ1) is 23.3. The van der Waals surface area contributed by atoms with Gasteiger partial charge in [-0.05, 0) is 44.2 Å². The zero-order chi connectivity index (χ0) is 20.9. The molecule has 0 aliphatic heterocycles. The van der Waals surface area contributed by atoms with Gasteiger partial charge in [0.25, 0.3) is 0 Å². The van der Waals surface area contributed by atoms with E-state index in [4.69, 9.17) is 9.47 Å². The topological polar surface area (TPSA) is 21.7 Å². The number of allylic oxidation sites excluding steroid dienone is 5. The van der Waals surface area contributed by atoms with Crippen LogP contribution in [0.4, 0.5) is 10.7 Å². The van der Waals surface area contributed by atoms with Gasteiger partial charge in [0.1, 0.15) is 5.00 Å². The summed E-state index contributed by atoms with van der Waals surface area (Å²) in [5.74, 6) is 1.45. The highest BCUT2D eigenvalue weighted by molar-refractivity contribution is 7.18. The smallest absolute Gasteiger partial charge is 0.197 e. The highest BCUT2D eigenvalue weighted by Gasteiger charge is 2.25. The number of anilines is 2. The van der Waals surface area contributed by atoms with Crippen LogP contribution in [0.15, 0.2) is 73.0 Å². The first-order chi connectivity index (χ1) is 13.7. The Morgan fingerprint density at radius 2 is 1.64 bits per heavy atom. The minimum absolute atomic E-state index is 0.711. The maximum atomic E-state index is 5.73. The number of thiophene rings is 1.